The van der Waals surface area contributed by atoms with Crippen molar-refractivity contribution in [2.24, 2.45) is 0 Å². The van der Waals surface area contributed by atoms with Crippen molar-refractivity contribution in [1.29, 1.82) is 5.26 Å². The maximum absolute atomic E-state index is 12.6. The van der Waals surface area contributed by atoms with E-state index in [1.807, 2.05) is 19.9 Å². The Balaban J connectivity index is 2.80. The fourth-order valence-electron chi connectivity index (χ4n) is 1.09. The predicted octanol–water partition coefficient (Wildman–Crippen LogP) is 2.82. The number of nitriles is 1. The topological polar surface area (TPSA) is 33.0 Å². The lowest BCUT2D eigenvalue weighted by Gasteiger charge is -2.13. The Morgan fingerprint density at radius 2 is 1.86 bits per heavy atom. The molecule has 0 fully saturated rings. The molecular formula is C11H12FNO. The van der Waals surface area contributed by atoms with E-state index in [1.54, 1.807) is 12.1 Å². The van der Waals surface area contributed by atoms with Gasteiger partial charge in [-0.1, -0.05) is 12.1 Å². The van der Waals surface area contributed by atoms with E-state index in [0.717, 1.165) is 0 Å². The Labute approximate surface area is 82.9 Å². The van der Waals surface area contributed by atoms with Crippen LogP contribution in [0.5, 0.6) is 0 Å². The van der Waals surface area contributed by atoms with Crippen molar-refractivity contribution >= 4 is 0 Å². The summed E-state index contributed by atoms with van der Waals surface area (Å²) in [4.78, 5) is 0. The summed E-state index contributed by atoms with van der Waals surface area (Å²) in [6.07, 6.45) is -0.639. The average Bonchev–Trinajstić information content (AvgIpc) is 2.15. The van der Waals surface area contributed by atoms with Crippen LogP contribution in [-0.2, 0) is 4.74 Å². The number of nitrogens with zero attached hydrogens (tertiary/aromatic N) is 1. The maximum atomic E-state index is 12.6. The zero-order valence-electron chi connectivity index (χ0n) is 8.20. The molecule has 0 aliphatic heterocycles. The lowest BCUT2D eigenvalue weighted by atomic mass is 10.1. The minimum atomic E-state index is -0.615. The summed E-state index contributed by atoms with van der Waals surface area (Å²) in [5, 5.41) is 8.83. The fourth-order valence-corrected chi connectivity index (χ4v) is 1.09. The highest BCUT2D eigenvalue weighted by atomic mass is 19.1. The molecule has 0 amide bonds. The molecule has 14 heavy (non-hydrogen) atoms. The van der Waals surface area contributed by atoms with Crippen molar-refractivity contribution in [3.05, 3.63) is 35.6 Å². The lowest BCUT2D eigenvalue weighted by Crippen LogP contribution is -2.08. The van der Waals surface area contributed by atoms with Gasteiger partial charge in [0.2, 0.25) is 0 Å². The molecule has 1 atom stereocenters. The van der Waals surface area contributed by atoms with Crippen LogP contribution < -0.4 is 0 Å². The standard InChI is InChI=1S/C11H12FNO/c1-8(2)14-11(7-13)9-3-5-10(12)6-4-9/h3-6,8,11H,1-2H3. The van der Waals surface area contributed by atoms with Gasteiger partial charge in [0.05, 0.1) is 12.2 Å². The van der Waals surface area contributed by atoms with E-state index < -0.39 is 6.10 Å². The largest absolute Gasteiger partial charge is 0.356 e. The number of benzene rings is 1. The molecule has 0 spiro atoms. The highest BCUT2D eigenvalue weighted by molar-refractivity contribution is 5.22. The molecule has 1 aromatic rings. The van der Waals surface area contributed by atoms with Crippen LogP contribution in [0.4, 0.5) is 4.39 Å². The van der Waals surface area contributed by atoms with Crippen molar-refractivity contribution < 1.29 is 9.13 Å². The molecular weight excluding hydrogens is 181 g/mol. The summed E-state index contributed by atoms with van der Waals surface area (Å²) in [7, 11) is 0. The summed E-state index contributed by atoms with van der Waals surface area (Å²) < 4.78 is 17.9. The van der Waals surface area contributed by atoms with Crippen LogP contribution in [0, 0.1) is 17.1 Å². The maximum Gasteiger partial charge on any atom is 0.169 e. The first-order chi connectivity index (χ1) is 6.63. The third kappa shape index (κ3) is 2.82. The van der Waals surface area contributed by atoms with Crippen molar-refractivity contribution in [3.8, 4) is 6.07 Å². The molecule has 0 saturated heterocycles. The summed E-state index contributed by atoms with van der Waals surface area (Å²) in [6, 6.07) is 7.79. The second-order valence-electron chi connectivity index (χ2n) is 3.25. The van der Waals surface area contributed by atoms with E-state index in [4.69, 9.17) is 10.00 Å². The number of rotatable bonds is 3. The number of halogens is 1. The van der Waals surface area contributed by atoms with Crippen molar-refractivity contribution in [1.82, 2.24) is 0 Å². The van der Waals surface area contributed by atoms with E-state index in [-0.39, 0.29) is 11.9 Å². The molecule has 1 unspecified atom stereocenters. The van der Waals surface area contributed by atoms with Gasteiger partial charge in [0.15, 0.2) is 6.10 Å². The molecule has 0 saturated carbocycles. The van der Waals surface area contributed by atoms with Gasteiger partial charge in [0.25, 0.3) is 0 Å². The zero-order chi connectivity index (χ0) is 10.6. The van der Waals surface area contributed by atoms with Crippen LogP contribution in [0.15, 0.2) is 24.3 Å². The Kier molecular flexibility index (Phi) is 3.61. The van der Waals surface area contributed by atoms with Crippen LogP contribution >= 0.6 is 0 Å². The van der Waals surface area contributed by atoms with Gasteiger partial charge >= 0.3 is 0 Å². The quantitative estimate of drug-likeness (QED) is 0.739. The summed E-state index contributed by atoms with van der Waals surface area (Å²) >= 11 is 0. The molecule has 0 aromatic heterocycles. The molecule has 3 heteroatoms. The number of hydrogen-bond donors (Lipinski definition) is 0. The Morgan fingerprint density at radius 3 is 2.29 bits per heavy atom. The normalized spacial score (nSPS) is 12.5. The first-order valence-electron chi connectivity index (χ1n) is 4.44. The van der Waals surface area contributed by atoms with Crippen LogP contribution in [0.3, 0.4) is 0 Å². The van der Waals surface area contributed by atoms with Gasteiger partial charge < -0.3 is 4.74 Å². The fraction of sp³-hybridized carbons (Fsp3) is 0.364. The van der Waals surface area contributed by atoms with Crippen LogP contribution in [0.2, 0.25) is 0 Å². The molecule has 0 N–H and O–H groups in total. The predicted molar refractivity (Wildman–Crippen MR) is 51.0 cm³/mol. The van der Waals surface area contributed by atoms with Crippen molar-refractivity contribution in [3.63, 3.8) is 0 Å². The van der Waals surface area contributed by atoms with E-state index >= 15 is 0 Å². The summed E-state index contributed by atoms with van der Waals surface area (Å²) in [5.41, 5.74) is 0.683. The van der Waals surface area contributed by atoms with Crippen molar-refractivity contribution in [2.75, 3.05) is 0 Å². The van der Waals surface area contributed by atoms with Gasteiger partial charge in [0.1, 0.15) is 5.82 Å². The summed E-state index contributed by atoms with van der Waals surface area (Å²) in [5.74, 6) is -0.310. The first kappa shape index (κ1) is 10.7. The van der Waals surface area contributed by atoms with Crippen LogP contribution in [-0.4, -0.2) is 6.10 Å². The molecule has 1 aromatic carbocycles. The monoisotopic (exact) mass is 193 g/mol. The molecule has 2 nitrogen and oxygen atoms in total. The SMILES string of the molecule is CC(C)OC(C#N)c1ccc(F)cc1. The van der Waals surface area contributed by atoms with Crippen molar-refractivity contribution in [2.45, 2.75) is 26.1 Å². The Hall–Kier alpha value is -1.40. The van der Waals surface area contributed by atoms with E-state index in [2.05, 4.69) is 0 Å². The molecule has 0 aliphatic rings. The molecule has 0 bridgehead atoms. The first-order valence-corrected chi connectivity index (χ1v) is 4.44. The van der Waals surface area contributed by atoms with Gasteiger partial charge in [-0.15, -0.1) is 0 Å². The number of hydrogen-bond acceptors (Lipinski definition) is 2. The molecule has 0 radical (unpaired) electrons. The smallest absolute Gasteiger partial charge is 0.169 e. The Bertz CT molecular complexity index is 326. The molecule has 1 rings (SSSR count). The van der Waals surface area contributed by atoms with Gasteiger partial charge in [-0.2, -0.15) is 5.26 Å². The van der Waals surface area contributed by atoms with Gasteiger partial charge in [-0.3, -0.25) is 0 Å². The van der Waals surface area contributed by atoms with E-state index in [0.29, 0.717) is 5.56 Å². The average molecular weight is 193 g/mol. The second-order valence-corrected chi connectivity index (χ2v) is 3.25. The third-order valence-corrected chi connectivity index (χ3v) is 1.70. The minimum absolute atomic E-state index is 0.0234. The van der Waals surface area contributed by atoms with Gasteiger partial charge in [-0.25, -0.2) is 4.39 Å². The van der Waals surface area contributed by atoms with Crippen LogP contribution in [0.25, 0.3) is 0 Å². The summed E-state index contributed by atoms with van der Waals surface area (Å²) in [6.45, 7) is 3.71. The third-order valence-electron chi connectivity index (χ3n) is 1.70. The van der Waals surface area contributed by atoms with E-state index in [9.17, 15) is 4.39 Å². The zero-order valence-corrected chi connectivity index (χ0v) is 8.20. The second kappa shape index (κ2) is 4.73. The van der Waals surface area contributed by atoms with Gasteiger partial charge in [-0.05, 0) is 31.5 Å². The Morgan fingerprint density at radius 1 is 1.29 bits per heavy atom. The highest BCUT2D eigenvalue weighted by Crippen LogP contribution is 2.18. The highest BCUT2D eigenvalue weighted by Gasteiger charge is 2.12. The van der Waals surface area contributed by atoms with Crippen LogP contribution in [0.1, 0.15) is 25.5 Å². The molecule has 0 heterocycles. The minimum Gasteiger partial charge on any atom is -0.356 e. The molecule has 0 aliphatic carbocycles. The molecule has 74 valence electrons. The van der Waals surface area contributed by atoms with Gasteiger partial charge in [0, 0.05) is 0 Å². The van der Waals surface area contributed by atoms with E-state index in [1.165, 1.54) is 12.1 Å². The number of ether oxygens (including phenoxy) is 1. The lowest BCUT2D eigenvalue weighted by molar-refractivity contribution is 0.0391.